The Morgan fingerprint density at radius 1 is 1.17 bits per heavy atom. The van der Waals surface area contributed by atoms with E-state index in [0.717, 1.165) is 39.2 Å². The maximum atomic E-state index is 12.7. The number of hydrogen-bond acceptors (Lipinski definition) is 3. The van der Waals surface area contributed by atoms with Gasteiger partial charge in [-0.3, -0.25) is 4.79 Å². The molecule has 0 fully saturated rings. The number of hydrogen-bond donors (Lipinski definition) is 1. The zero-order chi connectivity index (χ0) is 16.7. The molecule has 0 radical (unpaired) electrons. The third-order valence-corrected chi connectivity index (χ3v) is 4.52. The minimum atomic E-state index is -0.0676. The van der Waals surface area contributed by atoms with Crippen LogP contribution in [0.2, 0.25) is 0 Å². The van der Waals surface area contributed by atoms with Gasteiger partial charge < -0.3 is 19.4 Å². The van der Waals surface area contributed by atoms with E-state index >= 15 is 0 Å². The lowest BCUT2D eigenvalue weighted by atomic mass is 10.1. The van der Waals surface area contributed by atoms with Crippen LogP contribution in [-0.4, -0.2) is 17.3 Å². The molecule has 0 atom stereocenters. The zero-order valence-electron chi connectivity index (χ0n) is 13.6. The average molecular weight is 322 g/mol. The molecule has 0 saturated carbocycles. The van der Waals surface area contributed by atoms with Crippen LogP contribution in [-0.2, 0) is 13.6 Å². The van der Waals surface area contributed by atoms with Gasteiger partial charge in [0.25, 0.3) is 5.91 Å². The number of nitrogens with one attached hydrogen (secondary N) is 1. The Hall–Kier alpha value is -2.95. The molecule has 3 aromatic rings. The van der Waals surface area contributed by atoms with E-state index in [9.17, 15) is 4.79 Å². The second-order valence-corrected chi connectivity index (χ2v) is 5.91. The van der Waals surface area contributed by atoms with Gasteiger partial charge in [-0.25, -0.2) is 0 Å². The lowest BCUT2D eigenvalue weighted by Gasteiger charge is -2.07. The molecule has 122 valence electrons. The summed E-state index contributed by atoms with van der Waals surface area (Å²) in [6.45, 7) is 2.66. The SMILES string of the molecule is Cc1c(C(=O)NCc2ccc3c(c2)OCO3)c2ccccc2n1C. The van der Waals surface area contributed by atoms with Crippen molar-refractivity contribution in [3.8, 4) is 11.5 Å². The van der Waals surface area contributed by atoms with Gasteiger partial charge in [-0.05, 0) is 30.7 Å². The summed E-state index contributed by atoms with van der Waals surface area (Å²) in [6.07, 6.45) is 0. The topological polar surface area (TPSA) is 52.5 Å². The summed E-state index contributed by atoms with van der Waals surface area (Å²) in [6, 6.07) is 13.6. The minimum absolute atomic E-state index is 0.0676. The molecule has 1 aliphatic heterocycles. The highest BCUT2D eigenvalue weighted by atomic mass is 16.7. The second kappa shape index (κ2) is 5.60. The number of carbonyl (C=O) groups excluding carboxylic acids is 1. The van der Waals surface area contributed by atoms with Crippen LogP contribution in [0.1, 0.15) is 21.6 Å². The van der Waals surface area contributed by atoms with Crippen LogP contribution in [0, 0.1) is 6.92 Å². The Labute approximate surface area is 139 Å². The predicted molar refractivity (Wildman–Crippen MR) is 91.4 cm³/mol. The van der Waals surface area contributed by atoms with Crippen LogP contribution in [0.5, 0.6) is 11.5 Å². The van der Waals surface area contributed by atoms with Crippen molar-refractivity contribution in [1.29, 1.82) is 0 Å². The summed E-state index contributed by atoms with van der Waals surface area (Å²) in [4.78, 5) is 12.7. The van der Waals surface area contributed by atoms with Gasteiger partial charge in [0, 0.05) is 30.2 Å². The predicted octanol–water partition coefficient (Wildman–Crippen LogP) is 3.15. The normalized spacial score (nSPS) is 12.6. The number of aryl methyl sites for hydroxylation is 1. The number of para-hydroxylation sites is 1. The van der Waals surface area contributed by atoms with E-state index in [-0.39, 0.29) is 12.7 Å². The number of nitrogens with zero attached hydrogens (tertiary/aromatic N) is 1. The van der Waals surface area contributed by atoms with E-state index in [1.807, 2.05) is 61.0 Å². The second-order valence-electron chi connectivity index (χ2n) is 5.91. The fourth-order valence-corrected chi connectivity index (χ4v) is 3.13. The Morgan fingerprint density at radius 3 is 2.83 bits per heavy atom. The number of benzene rings is 2. The Kier molecular flexibility index (Phi) is 3.41. The first-order chi connectivity index (χ1) is 11.6. The van der Waals surface area contributed by atoms with Crippen LogP contribution < -0.4 is 14.8 Å². The minimum Gasteiger partial charge on any atom is -0.454 e. The Morgan fingerprint density at radius 2 is 1.96 bits per heavy atom. The Bertz CT molecular complexity index is 943. The van der Waals surface area contributed by atoms with Crippen molar-refractivity contribution in [2.24, 2.45) is 7.05 Å². The van der Waals surface area contributed by atoms with Gasteiger partial charge in [0.2, 0.25) is 6.79 Å². The summed E-state index contributed by atoms with van der Waals surface area (Å²) in [5, 5.41) is 3.98. The summed E-state index contributed by atoms with van der Waals surface area (Å²) < 4.78 is 12.7. The first-order valence-corrected chi connectivity index (χ1v) is 7.86. The smallest absolute Gasteiger partial charge is 0.254 e. The van der Waals surface area contributed by atoms with Gasteiger partial charge in [-0.15, -0.1) is 0 Å². The van der Waals surface area contributed by atoms with Crippen molar-refractivity contribution in [1.82, 2.24) is 9.88 Å². The van der Waals surface area contributed by atoms with Gasteiger partial charge in [0.05, 0.1) is 5.56 Å². The molecule has 1 N–H and O–H groups in total. The van der Waals surface area contributed by atoms with Crippen LogP contribution in [0.4, 0.5) is 0 Å². The maximum Gasteiger partial charge on any atom is 0.254 e. The lowest BCUT2D eigenvalue weighted by Crippen LogP contribution is -2.23. The number of aromatic nitrogens is 1. The van der Waals surface area contributed by atoms with E-state index in [1.54, 1.807) is 0 Å². The molecule has 0 unspecified atom stereocenters. The summed E-state index contributed by atoms with van der Waals surface area (Å²) in [5.74, 6) is 1.40. The summed E-state index contributed by atoms with van der Waals surface area (Å²) in [5.41, 5.74) is 3.72. The fourth-order valence-electron chi connectivity index (χ4n) is 3.13. The molecular weight excluding hydrogens is 304 g/mol. The molecule has 0 aliphatic carbocycles. The van der Waals surface area contributed by atoms with Gasteiger partial charge in [0.1, 0.15) is 0 Å². The monoisotopic (exact) mass is 322 g/mol. The molecule has 4 rings (SSSR count). The zero-order valence-corrected chi connectivity index (χ0v) is 13.6. The molecule has 0 saturated heterocycles. The number of ether oxygens (including phenoxy) is 2. The highest BCUT2D eigenvalue weighted by Gasteiger charge is 2.18. The molecule has 1 aliphatic rings. The van der Waals surface area contributed by atoms with Crippen LogP contribution in [0.15, 0.2) is 42.5 Å². The molecule has 5 nitrogen and oxygen atoms in total. The third kappa shape index (κ3) is 2.29. The Balaban J connectivity index is 1.58. The number of carbonyl (C=O) groups is 1. The number of amides is 1. The van der Waals surface area contributed by atoms with Crippen molar-refractivity contribution in [3.05, 3.63) is 59.3 Å². The van der Waals surface area contributed by atoms with Crippen molar-refractivity contribution in [2.45, 2.75) is 13.5 Å². The molecule has 0 bridgehead atoms. The lowest BCUT2D eigenvalue weighted by molar-refractivity contribution is 0.0951. The van der Waals surface area contributed by atoms with E-state index in [4.69, 9.17) is 9.47 Å². The molecule has 24 heavy (non-hydrogen) atoms. The van der Waals surface area contributed by atoms with Crippen LogP contribution in [0.25, 0.3) is 10.9 Å². The van der Waals surface area contributed by atoms with Crippen LogP contribution >= 0.6 is 0 Å². The standard InChI is InChI=1S/C19H18N2O3/c1-12-18(14-5-3-4-6-15(14)21(12)2)19(22)20-10-13-7-8-16-17(9-13)24-11-23-16/h3-9H,10-11H2,1-2H3,(H,20,22). The van der Waals surface area contributed by atoms with Gasteiger partial charge in [-0.1, -0.05) is 24.3 Å². The van der Waals surface area contributed by atoms with Crippen LogP contribution in [0.3, 0.4) is 0 Å². The van der Waals surface area contributed by atoms with Crippen molar-refractivity contribution < 1.29 is 14.3 Å². The largest absolute Gasteiger partial charge is 0.454 e. The highest BCUT2D eigenvalue weighted by Crippen LogP contribution is 2.32. The third-order valence-electron chi connectivity index (χ3n) is 4.52. The molecule has 2 heterocycles. The molecule has 1 aromatic heterocycles. The fraction of sp³-hybridized carbons (Fsp3) is 0.211. The van der Waals surface area contributed by atoms with Gasteiger partial charge in [-0.2, -0.15) is 0 Å². The average Bonchev–Trinajstić information content (AvgIpc) is 3.16. The van der Waals surface area contributed by atoms with E-state index < -0.39 is 0 Å². The van der Waals surface area contributed by atoms with Crippen molar-refractivity contribution in [3.63, 3.8) is 0 Å². The quantitative estimate of drug-likeness (QED) is 0.806. The first-order valence-electron chi connectivity index (χ1n) is 7.86. The first kappa shape index (κ1) is 14.6. The van der Waals surface area contributed by atoms with Gasteiger partial charge >= 0.3 is 0 Å². The summed E-state index contributed by atoms with van der Waals surface area (Å²) >= 11 is 0. The molecule has 1 amide bonds. The molecule has 5 heteroatoms. The number of fused-ring (bicyclic) bond motifs is 2. The summed E-state index contributed by atoms with van der Waals surface area (Å²) in [7, 11) is 1.98. The maximum absolute atomic E-state index is 12.7. The van der Waals surface area contributed by atoms with E-state index in [0.29, 0.717) is 6.54 Å². The van der Waals surface area contributed by atoms with Crippen molar-refractivity contribution in [2.75, 3.05) is 6.79 Å². The van der Waals surface area contributed by atoms with Gasteiger partial charge in [0.15, 0.2) is 11.5 Å². The number of rotatable bonds is 3. The molecular formula is C19H18N2O3. The molecule has 0 spiro atoms. The van der Waals surface area contributed by atoms with E-state index in [2.05, 4.69) is 5.32 Å². The van der Waals surface area contributed by atoms with E-state index in [1.165, 1.54) is 0 Å². The van der Waals surface area contributed by atoms with Crippen molar-refractivity contribution >= 4 is 16.8 Å². The highest BCUT2D eigenvalue weighted by molar-refractivity contribution is 6.08. The molecule has 2 aromatic carbocycles.